The van der Waals surface area contributed by atoms with E-state index >= 15 is 0 Å². The van der Waals surface area contributed by atoms with Crippen molar-refractivity contribution >= 4 is 29.9 Å². The van der Waals surface area contributed by atoms with E-state index in [4.69, 9.17) is 19.2 Å². The second-order valence-electron chi connectivity index (χ2n) is 8.42. The van der Waals surface area contributed by atoms with E-state index in [-0.39, 0.29) is 24.0 Å². The van der Waals surface area contributed by atoms with Crippen molar-refractivity contribution in [2.24, 2.45) is 10.9 Å². The third-order valence-corrected chi connectivity index (χ3v) is 5.71. The first kappa shape index (κ1) is 26.2. The van der Waals surface area contributed by atoms with Crippen molar-refractivity contribution in [3.8, 4) is 5.75 Å². The van der Waals surface area contributed by atoms with Crippen LogP contribution in [0.25, 0.3) is 0 Å². The third-order valence-electron chi connectivity index (χ3n) is 5.71. The highest BCUT2D eigenvalue weighted by Crippen LogP contribution is 2.28. The first-order valence-electron chi connectivity index (χ1n) is 11.7. The summed E-state index contributed by atoms with van der Waals surface area (Å²) in [7, 11) is 0. The Kier molecular flexibility index (Phi) is 12.6. The molecule has 1 saturated carbocycles. The number of hydrogen-bond acceptors (Lipinski definition) is 4. The molecule has 0 amide bonds. The van der Waals surface area contributed by atoms with Gasteiger partial charge in [0.1, 0.15) is 5.75 Å². The summed E-state index contributed by atoms with van der Waals surface area (Å²) >= 11 is 0. The molecule has 7 heteroatoms. The molecule has 0 radical (unpaired) electrons. The molecule has 3 rings (SSSR count). The number of nitrogens with one attached hydrogen (secondary N) is 2. The van der Waals surface area contributed by atoms with Crippen molar-refractivity contribution in [2.75, 3.05) is 39.5 Å². The third kappa shape index (κ3) is 9.53. The molecule has 2 N–H and O–H groups in total. The normalized spacial score (nSPS) is 19.3. The monoisotopic (exact) mass is 545 g/mol. The fourth-order valence-electron chi connectivity index (χ4n) is 3.94. The van der Waals surface area contributed by atoms with Crippen molar-refractivity contribution in [1.82, 2.24) is 10.6 Å². The summed E-state index contributed by atoms with van der Waals surface area (Å²) in [5.41, 5.74) is 2.37. The number of aliphatic imine (C=N–C) groups is 1. The van der Waals surface area contributed by atoms with E-state index in [1.54, 1.807) is 0 Å². The lowest BCUT2D eigenvalue weighted by Crippen LogP contribution is -2.38. The summed E-state index contributed by atoms with van der Waals surface area (Å²) in [5.74, 6) is 2.41. The standard InChI is InChI=1S/C24H39N3O3.HI/c1-3-25-24(26-12-6-13-28-17-20-11-14-29-18-20)27-16-21-10-9-19(2)15-23(21)30-22-7-4-5-8-22;/h9-10,15,20,22H,3-8,11-14,16-18H2,1-2H3,(H2,25,26,27);1H. The molecule has 1 aromatic carbocycles. The van der Waals surface area contributed by atoms with Crippen LogP contribution in [-0.2, 0) is 16.0 Å². The Morgan fingerprint density at radius 2 is 2.03 bits per heavy atom. The summed E-state index contributed by atoms with van der Waals surface area (Å²) < 4.78 is 17.5. The van der Waals surface area contributed by atoms with Crippen LogP contribution in [0.1, 0.15) is 56.6 Å². The molecule has 176 valence electrons. The number of hydrogen-bond donors (Lipinski definition) is 2. The van der Waals surface area contributed by atoms with E-state index in [9.17, 15) is 0 Å². The lowest BCUT2D eigenvalue weighted by molar-refractivity contribution is 0.0888. The van der Waals surface area contributed by atoms with Gasteiger partial charge >= 0.3 is 0 Å². The number of guanidine groups is 1. The Labute approximate surface area is 204 Å². The van der Waals surface area contributed by atoms with Gasteiger partial charge in [0.05, 0.1) is 25.9 Å². The Morgan fingerprint density at radius 1 is 1.19 bits per heavy atom. The van der Waals surface area contributed by atoms with Gasteiger partial charge in [0.15, 0.2) is 5.96 Å². The van der Waals surface area contributed by atoms with Crippen LogP contribution in [0.5, 0.6) is 5.75 Å². The molecule has 0 bridgehead atoms. The average Bonchev–Trinajstić information content (AvgIpc) is 3.44. The van der Waals surface area contributed by atoms with E-state index < -0.39 is 0 Å². The maximum atomic E-state index is 6.31. The van der Waals surface area contributed by atoms with Gasteiger partial charge in [0, 0.05) is 37.8 Å². The molecule has 1 saturated heterocycles. The smallest absolute Gasteiger partial charge is 0.191 e. The quantitative estimate of drug-likeness (QED) is 0.187. The van der Waals surface area contributed by atoms with Gasteiger partial charge in [0.25, 0.3) is 0 Å². The molecule has 2 aliphatic rings. The molecular weight excluding hydrogens is 505 g/mol. The molecule has 1 unspecified atom stereocenters. The van der Waals surface area contributed by atoms with E-state index in [0.29, 0.717) is 18.6 Å². The van der Waals surface area contributed by atoms with Gasteiger partial charge in [-0.25, -0.2) is 4.99 Å². The van der Waals surface area contributed by atoms with Gasteiger partial charge in [0.2, 0.25) is 0 Å². The molecular formula is C24H40IN3O3. The van der Waals surface area contributed by atoms with Crippen LogP contribution in [0, 0.1) is 12.8 Å². The lowest BCUT2D eigenvalue weighted by Gasteiger charge is -2.17. The number of aryl methyl sites for hydroxylation is 1. The Hall–Kier alpha value is -1.06. The molecule has 1 aliphatic heterocycles. The number of halogens is 1. The molecule has 1 atom stereocenters. The van der Waals surface area contributed by atoms with Crippen LogP contribution >= 0.6 is 24.0 Å². The minimum atomic E-state index is 0. The number of nitrogens with zero attached hydrogens (tertiary/aromatic N) is 1. The molecule has 2 fully saturated rings. The summed E-state index contributed by atoms with van der Waals surface area (Å²) in [5, 5.41) is 6.75. The minimum Gasteiger partial charge on any atom is -0.490 e. The van der Waals surface area contributed by atoms with Crippen molar-refractivity contribution in [3.05, 3.63) is 29.3 Å². The average molecular weight is 546 g/mol. The van der Waals surface area contributed by atoms with Gasteiger partial charge < -0.3 is 24.8 Å². The molecule has 0 aromatic heterocycles. The van der Waals surface area contributed by atoms with Crippen LogP contribution < -0.4 is 15.4 Å². The van der Waals surface area contributed by atoms with Gasteiger partial charge in [-0.05, 0) is 64.0 Å². The SMILES string of the molecule is CCNC(=NCc1ccc(C)cc1OC1CCCC1)NCCCOCC1CCOC1.I. The Bertz CT molecular complexity index is 659. The van der Waals surface area contributed by atoms with Crippen molar-refractivity contribution in [2.45, 2.75) is 65.0 Å². The fourth-order valence-corrected chi connectivity index (χ4v) is 3.94. The van der Waals surface area contributed by atoms with Gasteiger partial charge in [-0.15, -0.1) is 24.0 Å². The van der Waals surface area contributed by atoms with Crippen LogP contribution in [0.4, 0.5) is 0 Å². The van der Waals surface area contributed by atoms with Gasteiger partial charge in [-0.2, -0.15) is 0 Å². The summed E-state index contributed by atoms with van der Waals surface area (Å²) in [6, 6.07) is 6.43. The lowest BCUT2D eigenvalue weighted by atomic mass is 10.1. The van der Waals surface area contributed by atoms with Crippen LogP contribution in [0.2, 0.25) is 0 Å². The first-order valence-corrected chi connectivity index (χ1v) is 11.7. The van der Waals surface area contributed by atoms with Crippen molar-refractivity contribution < 1.29 is 14.2 Å². The Morgan fingerprint density at radius 3 is 2.77 bits per heavy atom. The molecule has 1 aliphatic carbocycles. The van der Waals surface area contributed by atoms with Crippen molar-refractivity contribution in [1.29, 1.82) is 0 Å². The van der Waals surface area contributed by atoms with Crippen LogP contribution in [0.15, 0.2) is 23.2 Å². The van der Waals surface area contributed by atoms with Crippen LogP contribution in [0.3, 0.4) is 0 Å². The summed E-state index contributed by atoms with van der Waals surface area (Å²) in [6.45, 7) is 9.79. The van der Waals surface area contributed by atoms with E-state index in [1.807, 2.05) is 0 Å². The molecule has 31 heavy (non-hydrogen) atoms. The first-order chi connectivity index (χ1) is 14.7. The number of ether oxygens (including phenoxy) is 3. The van der Waals surface area contributed by atoms with E-state index in [2.05, 4.69) is 42.7 Å². The van der Waals surface area contributed by atoms with E-state index in [1.165, 1.54) is 18.4 Å². The molecule has 6 nitrogen and oxygen atoms in total. The Balaban J connectivity index is 0.00000341. The van der Waals surface area contributed by atoms with E-state index in [0.717, 1.165) is 82.5 Å². The van der Waals surface area contributed by atoms with Gasteiger partial charge in [-0.3, -0.25) is 0 Å². The molecule has 1 aromatic rings. The predicted octanol–water partition coefficient (Wildman–Crippen LogP) is 4.43. The number of benzene rings is 1. The minimum absolute atomic E-state index is 0. The summed E-state index contributed by atoms with van der Waals surface area (Å²) in [6.07, 6.45) is 7.32. The topological polar surface area (TPSA) is 64.1 Å². The fraction of sp³-hybridized carbons (Fsp3) is 0.708. The van der Waals surface area contributed by atoms with Gasteiger partial charge in [-0.1, -0.05) is 12.1 Å². The maximum Gasteiger partial charge on any atom is 0.191 e. The van der Waals surface area contributed by atoms with Crippen LogP contribution in [-0.4, -0.2) is 51.6 Å². The molecule has 0 spiro atoms. The highest BCUT2D eigenvalue weighted by Gasteiger charge is 2.18. The highest BCUT2D eigenvalue weighted by atomic mass is 127. The van der Waals surface area contributed by atoms with Crippen molar-refractivity contribution in [3.63, 3.8) is 0 Å². The zero-order chi connectivity index (χ0) is 21.0. The second-order valence-corrected chi connectivity index (χ2v) is 8.42. The highest BCUT2D eigenvalue weighted by molar-refractivity contribution is 14.0. The zero-order valence-electron chi connectivity index (χ0n) is 19.2. The predicted molar refractivity (Wildman–Crippen MR) is 137 cm³/mol. The largest absolute Gasteiger partial charge is 0.490 e. The second kappa shape index (κ2) is 14.9. The summed E-state index contributed by atoms with van der Waals surface area (Å²) in [4.78, 5) is 4.79. The molecule has 1 heterocycles. The maximum absolute atomic E-state index is 6.31. The zero-order valence-corrected chi connectivity index (χ0v) is 21.5. The number of rotatable bonds is 11.